The molecule has 1 aromatic heterocycles. The number of nitrogens with one attached hydrogen (secondary N) is 1. The highest BCUT2D eigenvalue weighted by Crippen LogP contribution is 2.39. The van der Waals surface area contributed by atoms with Crippen molar-refractivity contribution >= 4 is 38.0 Å². The molecule has 1 heterocycles. The van der Waals surface area contributed by atoms with Gasteiger partial charge in [-0.15, -0.1) is 11.3 Å². The van der Waals surface area contributed by atoms with E-state index in [1.165, 1.54) is 31.4 Å². The van der Waals surface area contributed by atoms with Gasteiger partial charge in [0.05, 0.1) is 17.6 Å². The number of aliphatic hydroxyl groups is 1. The average molecular weight is 396 g/mol. The number of amides is 2. The van der Waals surface area contributed by atoms with Gasteiger partial charge in [0.25, 0.3) is 11.8 Å². The van der Waals surface area contributed by atoms with E-state index in [0.29, 0.717) is 29.9 Å². The first-order chi connectivity index (χ1) is 12.2. The number of hydrogen-bond acceptors (Lipinski definition) is 7. The van der Waals surface area contributed by atoms with E-state index in [1.54, 1.807) is 0 Å². The van der Waals surface area contributed by atoms with E-state index < -0.39 is 27.3 Å². The number of ether oxygens (including phenoxy) is 1. The fourth-order valence-corrected chi connectivity index (χ4v) is 4.98. The molecule has 26 heavy (non-hydrogen) atoms. The fourth-order valence-electron chi connectivity index (χ4n) is 2.21. The Labute approximate surface area is 153 Å². The minimum absolute atomic E-state index is 0.00471. The number of carbonyl (C=O) groups is 2. The second-order valence-electron chi connectivity index (χ2n) is 5.84. The summed E-state index contributed by atoms with van der Waals surface area (Å²) in [5.74, 6) is -1.07. The number of hydrogen-bond donors (Lipinski definition) is 3. The molecule has 138 valence electrons. The van der Waals surface area contributed by atoms with Gasteiger partial charge in [-0.3, -0.25) is 9.59 Å². The van der Waals surface area contributed by atoms with Crippen molar-refractivity contribution in [3.05, 3.63) is 35.9 Å². The molecule has 0 radical (unpaired) electrons. The molecule has 3 rings (SSSR count). The van der Waals surface area contributed by atoms with Crippen LogP contribution in [-0.2, 0) is 14.6 Å². The zero-order chi connectivity index (χ0) is 19.1. The normalized spacial score (nSPS) is 15.3. The molecule has 1 aliphatic rings. The molecule has 0 aliphatic heterocycles. The quantitative estimate of drug-likeness (QED) is 0.670. The van der Waals surface area contributed by atoms with Gasteiger partial charge in [0, 0.05) is 0 Å². The lowest BCUT2D eigenvalue weighted by atomic mass is 10.3. The van der Waals surface area contributed by atoms with Crippen LogP contribution < -0.4 is 15.8 Å². The van der Waals surface area contributed by atoms with Crippen molar-refractivity contribution in [1.29, 1.82) is 0 Å². The molecule has 1 aromatic carbocycles. The number of rotatable bonds is 6. The second-order valence-corrected chi connectivity index (χ2v) is 9.07. The summed E-state index contributed by atoms with van der Waals surface area (Å²) in [5, 5.41) is 12.2. The van der Waals surface area contributed by atoms with E-state index in [1.807, 2.05) is 0 Å². The number of sulfone groups is 1. The highest BCUT2D eigenvalue weighted by molar-refractivity contribution is 7.93. The van der Waals surface area contributed by atoms with Crippen molar-refractivity contribution in [3.8, 4) is 5.75 Å². The summed E-state index contributed by atoms with van der Waals surface area (Å²) in [4.78, 5) is 23.6. The third-order valence-corrected chi connectivity index (χ3v) is 7.28. The van der Waals surface area contributed by atoms with Crippen molar-refractivity contribution in [2.45, 2.75) is 27.5 Å². The average Bonchev–Trinajstić information content (AvgIpc) is 3.21. The molecule has 2 amide bonds. The maximum absolute atomic E-state index is 12.8. The summed E-state index contributed by atoms with van der Waals surface area (Å²) in [6.45, 7) is 0. The molecule has 1 saturated carbocycles. The number of methoxy groups -OCH3 is 1. The first kappa shape index (κ1) is 18.4. The number of thiophene rings is 1. The van der Waals surface area contributed by atoms with E-state index >= 15 is 0 Å². The SMILES string of the molecule is COc1ccc(S(=O)(=O)c2cc(C(N)=O)c(NC(=O)C3(O)CC3)s2)cc1. The highest BCUT2D eigenvalue weighted by Gasteiger charge is 2.48. The minimum atomic E-state index is -3.91. The van der Waals surface area contributed by atoms with E-state index in [0.717, 1.165) is 6.07 Å². The number of primary amides is 1. The van der Waals surface area contributed by atoms with Gasteiger partial charge < -0.3 is 20.9 Å². The summed E-state index contributed by atoms with van der Waals surface area (Å²) in [7, 11) is -2.45. The Hall–Kier alpha value is -2.43. The lowest BCUT2D eigenvalue weighted by Gasteiger charge is -2.08. The molecule has 1 aliphatic carbocycles. The van der Waals surface area contributed by atoms with Crippen molar-refractivity contribution < 1.29 is 27.9 Å². The molecule has 0 spiro atoms. The standard InChI is InChI=1S/C16H16N2O6S2/c1-24-9-2-4-10(5-3-9)26(22,23)12-8-11(13(17)19)14(25-12)18-15(20)16(21)6-7-16/h2-5,8,21H,6-7H2,1H3,(H2,17,19)(H,18,20). The molecule has 8 nitrogen and oxygen atoms in total. The zero-order valence-corrected chi connectivity index (χ0v) is 15.3. The Morgan fingerprint density at radius 1 is 1.27 bits per heavy atom. The zero-order valence-electron chi connectivity index (χ0n) is 13.7. The van der Waals surface area contributed by atoms with Gasteiger partial charge in [0.2, 0.25) is 9.84 Å². The lowest BCUT2D eigenvalue weighted by molar-refractivity contribution is -0.125. The van der Waals surface area contributed by atoms with E-state index in [4.69, 9.17) is 10.5 Å². The third kappa shape index (κ3) is 3.30. The Kier molecular flexibility index (Phi) is 4.51. The lowest BCUT2D eigenvalue weighted by Crippen LogP contribution is -2.29. The molecular weight excluding hydrogens is 380 g/mol. The number of nitrogens with two attached hydrogens (primary N) is 1. The van der Waals surface area contributed by atoms with E-state index in [-0.39, 0.29) is 19.7 Å². The summed E-state index contributed by atoms with van der Waals surface area (Å²) < 4.78 is 30.4. The second kappa shape index (κ2) is 6.38. The van der Waals surface area contributed by atoms with Crippen LogP contribution in [0.3, 0.4) is 0 Å². The largest absolute Gasteiger partial charge is 0.497 e. The van der Waals surface area contributed by atoms with Crippen LogP contribution in [0.25, 0.3) is 0 Å². The predicted octanol–water partition coefficient (Wildman–Crippen LogP) is 1.15. The van der Waals surface area contributed by atoms with E-state index in [9.17, 15) is 23.1 Å². The molecule has 10 heteroatoms. The molecule has 2 aromatic rings. The van der Waals surface area contributed by atoms with Crippen molar-refractivity contribution in [2.75, 3.05) is 12.4 Å². The number of carbonyl (C=O) groups excluding carboxylic acids is 2. The molecule has 0 saturated heterocycles. The maximum Gasteiger partial charge on any atom is 0.256 e. The first-order valence-electron chi connectivity index (χ1n) is 7.54. The first-order valence-corrected chi connectivity index (χ1v) is 9.84. The molecule has 0 atom stereocenters. The van der Waals surface area contributed by atoms with Crippen LogP contribution >= 0.6 is 11.3 Å². The fraction of sp³-hybridized carbons (Fsp3) is 0.250. The molecule has 1 fully saturated rings. The maximum atomic E-state index is 12.8. The number of anilines is 1. The van der Waals surface area contributed by atoms with Crippen molar-refractivity contribution in [1.82, 2.24) is 0 Å². The topological polar surface area (TPSA) is 136 Å². The summed E-state index contributed by atoms with van der Waals surface area (Å²) in [6, 6.07) is 6.88. The van der Waals surface area contributed by atoms with Crippen LogP contribution in [-0.4, -0.2) is 38.0 Å². The van der Waals surface area contributed by atoms with Crippen LogP contribution in [0.2, 0.25) is 0 Å². The van der Waals surface area contributed by atoms with Crippen LogP contribution in [0, 0.1) is 0 Å². The summed E-state index contributed by atoms with van der Waals surface area (Å²) >= 11 is 0.709. The molecule has 0 unspecified atom stereocenters. The Morgan fingerprint density at radius 2 is 1.88 bits per heavy atom. The van der Waals surface area contributed by atoms with E-state index in [2.05, 4.69) is 5.32 Å². The van der Waals surface area contributed by atoms with Crippen LogP contribution in [0.15, 0.2) is 39.4 Å². The van der Waals surface area contributed by atoms with Crippen LogP contribution in [0.4, 0.5) is 5.00 Å². The molecule has 4 N–H and O–H groups in total. The van der Waals surface area contributed by atoms with Gasteiger partial charge in [0.15, 0.2) is 0 Å². The predicted molar refractivity (Wildman–Crippen MR) is 94.1 cm³/mol. The Balaban J connectivity index is 1.97. The number of benzene rings is 1. The molecule has 0 bridgehead atoms. The van der Waals surface area contributed by atoms with Crippen molar-refractivity contribution in [2.24, 2.45) is 5.73 Å². The summed E-state index contributed by atoms with van der Waals surface area (Å²) in [6.07, 6.45) is 0.625. The Bertz CT molecular complexity index is 975. The van der Waals surface area contributed by atoms with Gasteiger partial charge >= 0.3 is 0 Å². The van der Waals surface area contributed by atoms with Gasteiger partial charge in [-0.1, -0.05) is 0 Å². The monoisotopic (exact) mass is 396 g/mol. The molecular formula is C16H16N2O6S2. The van der Waals surface area contributed by atoms with Crippen LogP contribution in [0.1, 0.15) is 23.2 Å². The Morgan fingerprint density at radius 3 is 2.38 bits per heavy atom. The van der Waals surface area contributed by atoms with Gasteiger partial charge in [-0.05, 0) is 43.2 Å². The highest BCUT2D eigenvalue weighted by atomic mass is 32.2. The smallest absolute Gasteiger partial charge is 0.256 e. The van der Waals surface area contributed by atoms with Crippen LogP contribution in [0.5, 0.6) is 5.75 Å². The minimum Gasteiger partial charge on any atom is -0.497 e. The third-order valence-electron chi connectivity index (χ3n) is 3.98. The van der Waals surface area contributed by atoms with Crippen molar-refractivity contribution in [3.63, 3.8) is 0 Å². The summed E-state index contributed by atoms with van der Waals surface area (Å²) in [5.41, 5.74) is 3.70. The van der Waals surface area contributed by atoms with Gasteiger partial charge in [-0.2, -0.15) is 0 Å². The van der Waals surface area contributed by atoms with Gasteiger partial charge in [-0.25, -0.2) is 8.42 Å². The van der Waals surface area contributed by atoms with Gasteiger partial charge in [0.1, 0.15) is 20.6 Å².